The molecule has 5 heteroatoms. The maximum Gasteiger partial charge on any atom is 0.165 e. The highest BCUT2D eigenvalue weighted by Crippen LogP contribution is 2.16. The van der Waals surface area contributed by atoms with Crippen molar-refractivity contribution in [2.24, 2.45) is 5.73 Å². The van der Waals surface area contributed by atoms with Crippen molar-refractivity contribution in [1.82, 2.24) is 9.97 Å². The van der Waals surface area contributed by atoms with Crippen LogP contribution in [0.25, 0.3) is 0 Å². The van der Waals surface area contributed by atoms with Gasteiger partial charge in [0, 0.05) is 11.2 Å². The van der Waals surface area contributed by atoms with Gasteiger partial charge in [-0.3, -0.25) is 0 Å². The molecule has 0 saturated carbocycles. The van der Waals surface area contributed by atoms with Crippen LogP contribution in [0.3, 0.4) is 0 Å². The number of rotatable bonds is 4. The summed E-state index contributed by atoms with van der Waals surface area (Å²) in [6, 6.07) is 7.81. The predicted octanol–water partition coefficient (Wildman–Crippen LogP) is 2.48. The Morgan fingerprint density at radius 1 is 1.35 bits per heavy atom. The van der Waals surface area contributed by atoms with Crippen LogP contribution in [0.4, 0.5) is 0 Å². The summed E-state index contributed by atoms with van der Waals surface area (Å²) < 4.78 is 0. The second-order valence-corrected chi connectivity index (χ2v) is 4.54. The van der Waals surface area contributed by atoms with Gasteiger partial charge in [-0.15, -0.1) is 0 Å². The molecule has 17 heavy (non-hydrogen) atoms. The standard InChI is InChI=1S/C12H12ClN3S/c13-10-4-2-1-3-8(10)5-6-9-7-15-12(16-9)11(14)17/h1-4,7H,5-6H2,(H2,14,17)(H,15,16). The molecule has 1 aromatic heterocycles. The molecule has 0 amide bonds. The summed E-state index contributed by atoms with van der Waals surface area (Å²) >= 11 is 10.9. The lowest BCUT2D eigenvalue weighted by Gasteiger charge is -2.01. The Balaban J connectivity index is 2.02. The number of imidazole rings is 1. The molecule has 3 N–H and O–H groups in total. The van der Waals surface area contributed by atoms with Crippen molar-refractivity contribution in [2.75, 3.05) is 0 Å². The molecular weight excluding hydrogens is 254 g/mol. The Morgan fingerprint density at radius 3 is 2.76 bits per heavy atom. The van der Waals surface area contributed by atoms with Gasteiger partial charge in [-0.2, -0.15) is 0 Å². The van der Waals surface area contributed by atoms with Gasteiger partial charge in [0.2, 0.25) is 0 Å². The Kier molecular flexibility index (Phi) is 3.76. The second kappa shape index (κ2) is 5.29. The lowest BCUT2D eigenvalue weighted by molar-refractivity contribution is 0.924. The normalized spacial score (nSPS) is 10.4. The molecule has 88 valence electrons. The summed E-state index contributed by atoms with van der Waals surface area (Å²) in [5.41, 5.74) is 7.53. The number of H-pyrrole nitrogens is 1. The Labute approximate surface area is 110 Å². The van der Waals surface area contributed by atoms with Crippen molar-refractivity contribution in [3.05, 3.63) is 52.6 Å². The van der Waals surface area contributed by atoms with Crippen LogP contribution in [-0.2, 0) is 12.8 Å². The van der Waals surface area contributed by atoms with Crippen molar-refractivity contribution in [1.29, 1.82) is 0 Å². The van der Waals surface area contributed by atoms with Gasteiger partial charge in [-0.25, -0.2) is 4.98 Å². The highest BCUT2D eigenvalue weighted by atomic mass is 35.5. The number of aromatic nitrogens is 2. The zero-order chi connectivity index (χ0) is 12.3. The Morgan fingerprint density at radius 2 is 2.12 bits per heavy atom. The van der Waals surface area contributed by atoms with Crippen LogP contribution < -0.4 is 5.73 Å². The summed E-state index contributed by atoms with van der Waals surface area (Å²) in [5.74, 6) is 0.564. The number of aromatic amines is 1. The van der Waals surface area contributed by atoms with Crippen LogP contribution in [0.15, 0.2) is 30.5 Å². The number of benzene rings is 1. The maximum atomic E-state index is 6.08. The minimum Gasteiger partial charge on any atom is -0.387 e. The zero-order valence-electron chi connectivity index (χ0n) is 9.11. The molecule has 0 unspecified atom stereocenters. The SMILES string of the molecule is NC(=S)c1nc(CCc2ccccc2Cl)c[nH]1. The molecule has 3 nitrogen and oxygen atoms in total. The summed E-state index contributed by atoms with van der Waals surface area (Å²) in [5, 5.41) is 0.789. The van der Waals surface area contributed by atoms with E-state index in [0.29, 0.717) is 5.82 Å². The number of hydrogen-bond donors (Lipinski definition) is 2. The first-order chi connectivity index (χ1) is 8.16. The van der Waals surface area contributed by atoms with Crippen LogP contribution in [0.1, 0.15) is 17.1 Å². The van der Waals surface area contributed by atoms with Crippen LogP contribution in [-0.4, -0.2) is 15.0 Å². The van der Waals surface area contributed by atoms with Crippen molar-refractivity contribution in [3.63, 3.8) is 0 Å². The molecule has 1 heterocycles. The molecule has 2 aromatic rings. The van der Waals surface area contributed by atoms with Gasteiger partial charge in [-0.05, 0) is 24.5 Å². The lowest BCUT2D eigenvalue weighted by atomic mass is 10.1. The third kappa shape index (κ3) is 3.05. The van der Waals surface area contributed by atoms with E-state index < -0.39 is 0 Å². The van der Waals surface area contributed by atoms with Gasteiger partial charge in [0.1, 0.15) is 4.99 Å². The zero-order valence-corrected chi connectivity index (χ0v) is 10.7. The van der Waals surface area contributed by atoms with E-state index in [4.69, 9.17) is 29.6 Å². The second-order valence-electron chi connectivity index (χ2n) is 3.70. The molecule has 0 bridgehead atoms. The minimum atomic E-state index is 0.286. The predicted molar refractivity (Wildman–Crippen MR) is 73.3 cm³/mol. The average molecular weight is 266 g/mol. The van der Waals surface area contributed by atoms with E-state index in [1.807, 2.05) is 30.5 Å². The number of nitrogens with two attached hydrogens (primary N) is 1. The molecular formula is C12H12ClN3S. The van der Waals surface area contributed by atoms with Crippen molar-refractivity contribution in [2.45, 2.75) is 12.8 Å². The van der Waals surface area contributed by atoms with Crippen LogP contribution in [0.5, 0.6) is 0 Å². The number of thiocarbonyl (C=S) groups is 1. The van der Waals surface area contributed by atoms with Gasteiger partial charge in [0.25, 0.3) is 0 Å². The molecule has 0 spiro atoms. The maximum absolute atomic E-state index is 6.08. The van der Waals surface area contributed by atoms with Gasteiger partial charge < -0.3 is 10.7 Å². The molecule has 1 aromatic carbocycles. The quantitative estimate of drug-likeness (QED) is 0.835. The molecule has 2 rings (SSSR count). The fourth-order valence-electron chi connectivity index (χ4n) is 1.58. The highest BCUT2D eigenvalue weighted by Gasteiger charge is 2.05. The topological polar surface area (TPSA) is 54.7 Å². The van der Waals surface area contributed by atoms with Crippen LogP contribution in [0.2, 0.25) is 5.02 Å². The summed E-state index contributed by atoms with van der Waals surface area (Å²) in [6.45, 7) is 0. The number of nitrogens with one attached hydrogen (secondary N) is 1. The fraction of sp³-hybridized carbons (Fsp3) is 0.167. The first-order valence-corrected chi connectivity index (χ1v) is 6.03. The van der Waals surface area contributed by atoms with Crippen molar-refractivity contribution >= 4 is 28.8 Å². The number of nitrogens with zero attached hydrogens (tertiary/aromatic N) is 1. The van der Waals surface area contributed by atoms with E-state index in [1.165, 1.54) is 0 Å². The van der Waals surface area contributed by atoms with Gasteiger partial charge in [0.15, 0.2) is 5.82 Å². The summed E-state index contributed by atoms with van der Waals surface area (Å²) in [4.78, 5) is 7.52. The fourth-order valence-corrected chi connectivity index (χ4v) is 1.91. The highest BCUT2D eigenvalue weighted by molar-refractivity contribution is 7.80. The summed E-state index contributed by atoms with van der Waals surface area (Å²) in [6.07, 6.45) is 3.48. The molecule has 0 saturated heterocycles. The van der Waals surface area contributed by atoms with Gasteiger partial charge in [0.05, 0.1) is 5.69 Å². The summed E-state index contributed by atoms with van der Waals surface area (Å²) in [7, 11) is 0. The van der Waals surface area contributed by atoms with Crippen LogP contribution >= 0.6 is 23.8 Å². The first kappa shape index (κ1) is 12.1. The molecule has 0 aliphatic rings. The monoisotopic (exact) mass is 265 g/mol. The molecule has 0 fully saturated rings. The van der Waals surface area contributed by atoms with E-state index in [2.05, 4.69) is 9.97 Å². The smallest absolute Gasteiger partial charge is 0.165 e. The van der Waals surface area contributed by atoms with E-state index in [1.54, 1.807) is 0 Å². The molecule has 0 aliphatic heterocycles. The molecule has 0 atom stereocenters. The van der Waals surface area contributed by atoms with Crippen molar-refractivity contribution < 1.29 is 0 Å². The van der Waals surface area contributed by atoms with Crippen molar-refractivity contribution in [3.8, 4) is 0 Å². The minimum absolute atomic E-state index is 0.286. The van der Waals surface area contributed by atoms with Crippen LogP contribution in [0, 0.1) is 0 Å². The van der Waals surface area contributed by atoms with E-state index >= 15 is 0 Å². The number of aryl methyl sites for hydroxylation is 2. The van der Waals surface area contributed by atoms with E-state index in [0.717, 1.165) is 29.1 Å². The lowest BCUT2D eigenvalue weighted by Crippen LogP contribution is -2.11. The van der Waals surface area contributed by atoms with Gasteiger partial charge in [-0.1, -0.05) is 42.0 Å². The van der Waals surface area contributed by atoms with E-state index in [9.17, 15) is 0 Å². The first-order valence-electron chi connectivity index (χ1n) is 5.24. The Hall–Kier alpha value is -1.39. The van der Waals surface area contributed by atoms with E-state index in [-0.39, 0.29) is 4.99 Å². The third-order valence-electron chi connectivity index (χ3n) is 2.47. The number of hydrogen-bond acceptors (Lipinski definition) is 2. The number of halogens is 1. The molecule has 0 aliphatic carbocycles. The largest absolute Gasteiger partial charge is 0.387 e. The third-order valence-corrected chi connectivity index (χ3v) is 3.03. The molecule has 0 radical (unpaired) electrons. The Bertz CT molecular complexity index is 536. The average Bonchev–Trinajstić information content (AvgIpc) is 2.77. The van der Waals surface area contributed by atoms with Gasteiger partial charge >= 0.3 is 0 Å².